The number of pyridine rings is 1. The van der Waals surface area contributed by atoms with Crippen molar-refractivity contribution in [3.63, 3.8) is 0 Å². The van der Waals surface area contributed by atoms with Crippen LogP contribution in [-0.4, -0.2) is 30.1 Å². The summed E-state index contributed by atoms with van der Waals surface area (Å²) in [7, 11) is 3.19. The number of urea groups is 1. The van der Waals surface area contributed by atoms with Crippen molar-refractivity contribution in [1.82, 2.24) is 15.2 Å². The van der Waals surface area contributed by atoms with Crippen LogP contribution in [-0.2, 0) is 19.6 Å². The molecule has 0 fully saturated rings. The van der Waals surface area contributed by atoms with Crippen LogP contribution in [0.25, 0.3) is 0 Å². The van der Waals surface area contributed by atoms with E-state index in [4.69, 9.17) is 9.47 Å². The van der Waals surface area contributed by atoms with Gasteiger partial charge in [0.05, 0.1) is 14.2 Å². The number of hydrogen-bond donors (Lipinski definition) is 1. The Morgan fingerprint density at radius 2 is 1.77 bits per heavy atom. The Kier molecular flexibility index (Phi) is 7.27. The van der Waals surface area contributed by atoms with E-state index in [0.717, 1.165) is 22.3 Å². The molecule has 0 saturated heterocycles. The van der Waals surface area contributed by atoms with Crippen molar-refractivity contribution < 1.29 is 14.3 Å². The summed E-state index contributed by atoms with van der Waals surface area (Å²) in [5.41, 5.74) is 4.18. The summed E-state index contributed by atoms with van der Waals surface area (Å²) < 4.78 is 10.6. The van der Waals surface area contributed by atoms with Crippen molar-refractivity contribution in [2.45, 2.75) is 26.6 Å². The van der Waals surface area contributed by atoms with Crippen molar-refractivity contribution >= 4 is 6.03 Å². The Labute approximate surface area is 177 Å². The van der Waals surface area contributed by atoms with Gasteiger partial charge in [-0.05, 0) is 47.4 Å². The van der Waals surface area contributed by atoms with Gasteiger partial charge in [0.15, 0.2) is 11.5 Å². The van der Waals surface area contributed by atoms with Crippen molar-refractivity contribution in [2.24, 2.45) is 0 Å². The average Bonchev–Trinajstić information content (AvgIpc) is 2.78. The van der Waals surface area contributed by atoms with Crippen LogP contribution in [0.2, 0.25) is 0 Å². The number of hydrogen-bond acceptors (Lipinski definition) is 4. The topological polar surface area (TPSA) is 63.7 Å². The molecule has 0 bridgehead atoms. The molecule has 0 atom stereocenters. The number of carbonyl (C=O) groups excluding carboxylic acids is 1. The van der Waals surface area contributed by atoms with E-state index in [1.807, 2.05) is 48.5 Å². The number of aromatic nitrogens is 1. The zero-order chi connectivity index (χ0) is 21.3. The van der Waals surface area contributed by atoms with Crippen LogP contribution in [0, 0.1) is 6.92 Å². The predicted molar refractivity (Wildman–Crippen MR) is 116 cm³/mol. The average molecular weight is 405 g/mol. The first-order valence-corrected chi connectivity index (χ1v) is 9.77. The third-order valence-electron chi connectivity index (χ3n) is 4.90. The van der Waals surface area contributed by atoms with E-state index in [2.05, 4.69) is 23.3 Å². The van der Waals surface area contributed by atoms with Gasteiger partial charge in [0.1, 0.15) is 0 Å². The lowest BCUT2D eigenvalue weighted by Crippen LogP contribution is -2.39. The number of ether oxygens (including phenoxy) is 2. The van der Waals surface area contributed by atoms with E-state index in [9.17, 15) is 4.79 Å². The monoisotopic (exact) mass is 405 g/mol. The van der Waals surface area contributed by atoms with Crippen molar-refractivity contribution in [3.8, 4) is 11.5 Å². The Morgan fingerprint density at radius 3 is 2.47 bits per heavy atom. The molecule has 30 heavy (non-hydrogen) atoms. The molecule has 3 rings (SSSR count). The van der Waals surface area contributed by atoms with E-state index in [1.165, 1.54) is 0 Å². The molecule has 6 heteroatoms. The molecule has 156 valence electrons. The zero-order valence-electron chi connectivity index (χ0n) is 17.6. The predicted octanol–water partition coefficient (Wildman–Crippen LogP) is 4.32. The van der Waals surface area contributed by atoms with Crippen LogP contribution in [0.4, 0.5) is 4.79 Å². The van der Waals surface area contributed by atoms with Gasteiger partial charge in [-0.3, -0.25) is 4.98 Å². The van der Waals surface area contributed by atoms with Gasteiger partial charge in [0, 0.05) is 32.0 Å². The van der Waals surface area contributed by atoms with Crippen LogP contribution in [0.3, 0.4) is 0 Å². The number of benzene rings is 2. The molecule has 1 heterocycles. The minimum Gasteiger partial charge on any atom is -0.493 e. The summed E-state index contributed by atoms with van der Waals surface area (Å²) in [6.45, 7) is 3.43. The zero-order valence-corrected chi connectivity index (χ0v) is 17.6. The smallest absolute Gasteiger partial charge is 0.318 e. The molecule has 0 spiro atoms. The molecule has 3 aromatic rings. The number of nitrogens with zero attached hydrogens (tertiary/aromatic N) is 2. The molecule has 0 aliphatic rings. The first kappa shape index (κ1) is 21.2. The van der Waals surface area contributed by atoms with E-state index >= 15 is 0 Å². The molecule has 2 aromatic carbocycles. The van der Waals surface area contributed by atoms with E-state index < -0.39 is 0 Å². The minimum absolute atomic E-state index is 0.142. The third-order valence-corrected chi connectivity index (χ3v) is 4.90. The Hall–Kier alpha value is -3.54. The lowest BCUT2D eigenvalue weighted by molar-refractivity contribution is 0.191. The quantitative estimate of drug-likeness (QED) is 0.606. The fraction of sp³-hybridized carbons (Fsp3) is 0.250. The maximum Gasteiger partial charge on any atom is 0.318 e. The van der Waals surface area contributed by atoms with Crippen LogP contribution in [0.5, 0.6) is 11.5 Å². The maximum absolute atomic E-state index is 13.1. The molecular formula is C24H27N3O3. The molecule has 0 saturated carbocycles. The molecule has 0 aliphatic heterocycles. The summed E-state index contributed by atoms with van der Waals surface area (Å²) in [5.74, 6) is 1.29. The van der Waals surface area contributed by atoms with Crippen molar-refractivity contribution in [1.29, 1.82) is 0 Å². The summed E-state index contributed by atoms with van der Waals surface area (Å²) >= 11 is 0. The van der Waals surface area contributed by atoms with Gasteiger partial charge < -0.3 is 19.7 Å². The summed E-state index contributed by atoms with van der Waals surface area (Å²) in [6.07, 6.45) is 3.51. The van der Waals surface area contributed by atoms with E-state index in [0.29, 0.717) is 31.1 Å². The van der Waals surface area contributed by atoms with Gasteiger partial charge in [0.2, 0.25) is 0 Å². The van der Waals surface area contributed by atoms with Gasteiger partial charge in [-0.2, -0.15) is 0 Å². The van der Waals surface area contributed by atoms with E-state index in [-0.39, 0.29) is 6.03 Å². The lowest BCUT2D eigenvalue weighted by atomic mass is 10.1. The molecular weight excluding hydrogens is 378 g/mol. The lowest BCUT2D eigenvalue weighted by Gasteiger charge is -2.24. The largest absolute Gasteiger partial charge is 0.493 e. The summed E-state index contributed by atoms with van der Waals surface area (Å²) in [5, 5.41) is 3.02. The van der Waals surface area contributed by atoms with Crippen molar-refractivity contribution in [3.05, 3.63) is 89.2 Å². The number of amides is 2. The molecule has 0 aliphatic carbocycles. The number of aryl methyl sites for hydroxylation is 1. The summed E-state index contributed by atoms with van der Waals surface area (Å²) in [4.78, 5) is 19.0. The van der Waals surface area contributed by atoms with Gasteiger partial charge in [-0.15, -0.1) is 0 Å². The standard InChI is InChI=1S/C24H27N3O3/c1-18-7-4-5-9-21(18)17-27(16-20-8-6-12-25-14-20)24(28)26-15-19-10-11-22(29-2)23(13-19)30-3/h4-14H,15-17H2,1-3H3,(H,26,28). The highest BCUT2D eigenvalue weighted by Gasteiger charge is 2.16. The van der Waals surface area contributed by atoms with Crippen LogP contribution < -0.4 is 14.8 Å². The SMILES string of the molecule is COc1ccc(CNC(=O)N(Cc2cccnc2)Cc2ccccc2C)cc1OC. The normalized spacial score (nSPS) is 10.4. The van der Waals surface area contributed by atoms with Crippen LogP contribution in [0.15, 0.2) is 67.0 Å². The third kappa shape index (κ3) is 5.50. The van der Waals surface area contributed by atoms with Gasteiger partial charge >= 0.3 is 6.03 Å². The highest BCUT2D eigenvalue weighted by molar-refractivity contribution is 5.74. The number of methoxy groups -OCH3 is 2. The number of nitrogens with one attached hydrogen (secondary N) is 1. The van der Waals surface area contributed by atoms with Gasteiger partial charge in [-0.25, -0.2) is 4.79 Å². The fourth-order valence-corrected chi connectivity index (χ4v) is 3.18. The molecule has 0 unspecified atom stereocenters. The van der Waals surface area contributed by atoms with Crippen LogP contribution >= 0.6 is 0 Å². The first-order valence-electron chi connectivity index (χ1n) is 9.77. The van der Waals surface area contributed by atoms with Gasteiger partial charge in [0.25, 0.3) is 0 Å². The Morgan fingerprint density at radius 1 is 0.967 bits per heavy atom. The van der Waals surface area contributed by atoms with Gasteiger partial charge in [-0.1, -0.05) is 36.4 Å². The second kappa shape index (κ2) is 10.3. The highest BCUT2D eigenvalue weighted by Crippen LogP contribution is 2.27. The second-order valence-corrected chi connectivity index (χ2v) is 6.99. The Bertz CT molecular complexity index is 976. The molecule has 1 N–H and O–H groups in total. The molecule has 0 radical (unpaired) electrons. The maximum atomic E-state index is 13.1. The molecule has 1 aromatic heterocycles. The summed E-state index contributed by atoms with van der Waals surface area (Å²) in [6, 6.07) is 17.4. The highest BCUT2D eigenvalue weighted by atomic mass is 16.5. The molecule has 2 amide bonds. The fourth-order valence-electron chi connectivity index (χ4n) is 3.18. The Balaban J connectivity index is 1.73. The minimum atomic E-state index is -0.142. The molecule has 6 nitrogen and oxygen atoms in total. The second-order valence-electron chi connectivity index (χ2n) is 6.99. The first-order chi connectivity index (χ1) is 14.6. The van der Waals surface area contributed by atoms with Crippen molar-refractivity contribution in [2.75, 3.05) is 14.2 Å². The van der Waals surface area contributed by atoms with Crippen LogP contribution in [0.1, 0.15) is 22.3 Å². The number of rotatable bonds is 8. The number of carbonyl (C=O) groups is 1. The van der Waals surface area contributed by atoms with E-state index in [1.54, 1.807) is 31.5 Å².